The highest BCUT2D eigenvalue weighted by atomic mass is 32.2. The maximum Gasteiger partial charge on any atom is 0.294 e. The van der Waals surface area contributed by atoms with Crippen molar-refractivity contribution in [2.24, 2.45) is 21.5 Å². The van der Waals surface area contributed by atoms with Gasteiger partial charge in [0.15, 0.2) is 0 Å². The van der Waals surface area contributed by atoms with E-state index in [2.05, 4.69) is 9.98 Å². The van der Waals surface area contributed by atoms with Crippen molar-refractivity contribution >= 4 is 38.5 Å². The van der Waals surface area contributed by atoms with Crippen LogP contribution in [-0.4, -0.2) is 35.7 Å². The lowest BCUT2D eigenvalue weighted by atomic mass is 9.87. The topological polar surface area (TPSA) is 155 Å². The van der Waals surface area contributed by atoms with Crippen molar-refractivity contribution in [3.8, 4) is 5.75 Å². The second-order valence-electron chi connectivity index (χ2n) is 7.14. The lowest BCUT2D eigenvalue weighted by Gasteiger charge is -2.45. The van der Waals surface area contributed by atoms with E-state index in [4.69, 9.17) is 11.5 Å². The molecule has 1 spiro atoms. The number of benzene rings is 2. The molecule has 1 saturated carbocycles. The predicted molar refractivity (Wildman–Crippen MR) is 107 cm³/mol. The summed E-state index contributed by atoms with van der Waals surface area (Å²) < 4.78 is 32.0. The molecule has 4 rings (SSSR count). The van der Waals surface area contributed by atoms with Crippen molar-refractivity contribution in [1.29, 1.82) is 0 Å². The van der Waals surface area contributed by atoms with E-state index >= 15 is 0 Å². The zero-order valence-corrected chi connectivity index (χ0v) is 15.9. The molecule has 0 bridgehead atoms. The fraction of sp³-hybridized carbons (Fsp3) is 0.333. The summed E-state index contributed by atoms with van der Waals surface area (Å²) >= 11 is 0. The summed E-state index contributed by atoms with van der Waals surface area (Å²) in [7, 11) is -4.43. The van der Waals surface area contributed by atoms with Gasteiger partial charge >= 0.3 is 0 Å². The van der Waals surface area contributed by atoms with Gasteiger partial charge in [-0.15, -0.1) is 0 Å². The third-order valence-electron chi connectivity index (χ3n) is 5.30. The molecule has 2 aromatic rings. The Kier molecular flexibility index (Phi) is 4.20. The number of anilines is 1. The Morgan fingerprint density at radius 3 is 2.46 bits per heavy atom. The number of phenolic OH excluding ortho intramolecular Hbond substituents is 1. The van der Waals surface area contributed by atoms with E-state index in [-0.39, 0.29) is 22.6 Å². The number of rotatable bonds is 2. The molecule has 0 aromatic heterocycles. The molecule has 10 heteroatoms. The average molecular weight is 403 g/mol. The Morgan fingerprint density at radius 1 is 1.07 bits per heavy atom. The summed E-state index contributed by atoms with van der Waals surface area (Å²) in [6.07, 6.45) is 4.62. The minimum absolute atomic E-state index is 0.150. The van der Waals surface area contributed by atoms with Gasteiger partial charge in [-0.3, -0.25) is 9.45 Å². The summed E-state index contributed by atoms with van der Waals surface area (Å²) in [5.41, 5.74) is 12.1. The normalized spacial score (nSPS) is 19.5. The summed E-state index contributed by atoms with van der Waals surface area (Å²) in [6.45, 7) is 0. The van der Waals surface area contributed by atoms with Crippen molar-refractivity contribution in [3.63, 3.8) is 0 Å². The maximum absolute atomic E-state index is 11.4. The second-order valence-corrected chi connectivity index (χ2v) is 8.56. The van der Waals surface area contributed by atoms with Crippen molar-refractivity contribution in [2.75, 3.05) is 4.90 Å². The third-order valence-corrected chi connectivity index (χ3v) is 6.13. The van der Waals surface area contributed by atoms with Gasteiger partial charge in [0.25, 0.3) is 10.1 Å². The van der Waals surface area contributed by atoms with E-state index in [9.17, 15) is 18.1 Å². The Morgan fingerprint density at radius 2 is 1.79 bits per heavy atom. The molecule has 0 unspecified atom stereocenters. The van der Waals surface area contributed by atoms with Crippen LogP contribution in [-0.2, 0) is 10.1 Å². The molecule has 6 N–H and O–H groups in total. The molecule has 1 aliphatic heterocycles. The number of nitrogens with two attached hydrogens (primary N) is 2. The zero-order chi connectivity index (χ0) is 20.1. The van der Waals surface area contributed by atoms with E-state index in [1.54, 1.807) is 18.2 Å². The van der Waals surface area contributed by atoms with E-state index in [1.165, 1.54) is 6.07 Å². The van der Waals surface area contributed by atoms with Crippen LogP contribution in [0.15, 0.2) is 45.2 Å². The van der Waals surface area contributed by atoms with Crippen LogP contribution >= 0.6 is 0 Å². The molecule has 28 heavy (non-hydrogen) atoms. The molecule has 1 heterocycles. The number of nitrogens with zero attached hydrogens (tertiary/aromatic N) is 3. The molecule has 0 radical (unpaired) electrons. The maximum atomic E-state index is 11.4. The first-order valence-electron chi connectivity index (χ1n) is 8.94. The van der Waals surface area contributed by atoms with Gasteiger partial charge in [-0.2, -0.15) is 13.4 Å². The first kappa shape index (κ1) is 18.5. The van der Waals surface area contributed by atoms with Crippen LogP contribution in [0.25, 0.3) is 10.8 Å². The van der Waals surface area contributed by atoms with Crippen LogP contribution < -0.4 is 16.4 Å². The number of phenols is 1. The second kappa shape index (κ2) is 6.35. The average Bonchev–Trinajstić information content (AvgIpc) is 2.61. The Hall–Kier alpha value is -2.85. The number of aromatic hydroxyl groups is 1. The standard InChI is InChI=1S/C18H21N5O4S/c19-16-21-17(20)23(18(22-16)6-2-1-3-7-18)12-5-4-11-8-13(28(25,26)27)10-15(24)14(11)9-12/h4-5,8-10,24H,1-3,6-7H2,(H,25,26,27)(H4,19,20,21,22). The highest BCUT2D eigenvalue weighted by Crippen LogP contribution is 2.41. The van der Waals surface area contributed by atoms with Gasteiger partial charge in [0.2, 0.25) is 11.9 Å². The van der Waals surface area contributed by atoms with Crippen LogP contribution in [0.5, 0.6) is 5.75 Å². The fourth-order valence-corrected chi connectivity index (χ4v) is 4.62. The lowest BCUT2D eigenvalue weighted by molar-refractivity contribution is 0.305. The largest absolute Gasteiger partial charge is 0.507 e. The summed E-state index contributed by atoms with van der Waals surface area (Å²) in [4.78, 5) is 10.2. The minimum atomic E-state index is -4.43. The molecule has 148 valence electrons. The van der Waals surface area contributed by atoms with Gasteiger partial charge in [-0.1, -0.05) is 12.5 Å². The Labute approximate surface area is 162 Å². The molecule has 1 fully saturated rings. The minimum Gasteiger partial charge on any atom is -0.507 e. The quantitative estimate of drug-likeness (QED) is 0.558. The number of guanidine groups is 2. The molecule has 0 amide bonds. The van der Waals surface area contributed by atoms with Gasteiger partial charge in [0.05, 0.1) is 4.90 Å². The fourth-order valence-electron chi connectivity index (χ4n) is 4.08. The Bertz CT molecular complexity index is 1120. The third kappa shape index (κ3) is 3.04. The first-order valence-corrected chi connectivity index (χ1v) is 10.4. The van der Waals surface area contributed by atoms with Crippen LogP contribution in [0.3, 0.4) is 0 Å². The zero-order valence-electron chi connectivity index (χ0n) is 15.0. The highest BCUT2D eigenvalue weighted by molar-refractivity contribution is 7.85. The molecule has 0 atom stereocenters. The summed E-state index contributed by atoms with van der Waals surface area (Å²) in [5, 5.41) is 11.2. The van der Waals surface area contributed by atoms with E-state index in [0.717, 1.165) is 38.2 Å². The van der Waals surface area contributed by atoms with Gasteiger partial charge in [0.1, 0.15) is 11.4 Å². The van der Waals surface area contributed by atoms with Crippen molar-refractivity contribution < 1.29 is 18.1 Å². The summed E-state index contributed by atoms with van der Waals surface area (Å²) in [5.74, 6) is 0.111. The van der Waals surface area contributed by atoms with Crippen molar-refractivity contribution in [1.82, 2.24) is 0 Å². The van der Waals surface area contributed by atoms with Crippen molar-refractivity contribution in [2.45, 2.75) is 42.7 Å². The van der Waals surface area contributed by atoms with Gasteiger partial charge in [0, 0.05) is 17.1 Å². The van der Waals surface area contributed by atoms with Crippen molar-refractivity contribution in [3.05, 3.63) is 30.3 Å². The van der Waals surface area contributed by atoms with Crippen LogP contribution in [0, 0.1) is 0 Å². The smallest absolute Gasteiger partial charge is 0.294 e. The number of aliphatic imine (C=N–C) groups is 2. The SMILES string of the molecule is NC1=NC2(CCCCC2)N(c2ccc3cc(S(=O)(=O)O)cc(O)c3c2)C(N)=N1. The van der Waals surface area contributed by atoms with Crippen LogP contribution in [0.2, 0.25) is 0 Å². The van der Waals surface area contributed by atoms with Gasteiger partial charge in [-0.05, 0) is 49.3 Å². The van der Waals surface area contributed by atoms with Gasteiger partial charge < -0.3 is 16.6 Å². The van der Waals surface area contributed by atoms with Crippen LogP contribution in [0.1, 0.15) is 32.1 Å². The molecule has 2 aromatic carbocycles. The summed E-state index contributed by atoms with van der Waals surface area (Å²) in [6, 6.07) is 7.43. The number of hydrogen-bond donors (Lipinski definition) is 4. The molecular weight excluding hydrogens is 382 g/mol. The molecule has 9 nitrogen and oxygen atoms in total. The first-order chi connectivity index (χ1) is 13.2. The molecule has 0 saturated heterocycles. The molecule has 1 aliphatic carbocycles. The monoisotopic (exact) mass is 403 g/mol. The molecule has 2 aliphatic rings. The highest BCUT2D eigenvalue weighted by Gasteiger charge is 2.42. The Balaban J connectivity index is 1.86. The van der Waals surface area contributed by atoms with E-state index in [0.29, 0.717) is 16.5 Å². The predicted octanol–water partition coefficient (Wildman–Crippen LogP) is 1.90. The van der Waals surface area contributed by atoms with Crippen LogP contribution in [0.4, 0.5) is 5.69 Å². The van der Waals surface area contributed by atoms with Gasteiger partial charge in [-0.25, -0.2) is 4.99 Å². The van der Waals surface area contributed by atoms with E-state index < -0.39 is 15.8 Å². The molecular formula is C18H21N5O4S. The van der Waals surface area contributed by atoms with E-state index in [1.807, 2.05) is 4.90 Å². The number of fused-ring (bicyclic) bond motifs is 1. The number of hydrogen-bond acceptors (Lipinski definition) is 8. The lowest BCUT2D eigenvalue weighted by Crippen LogP contribution is -2.58.